The molecule has 1 saturated heterocycles. The fourth-order valence-corrected chi connectivity index (χ4v) is 3.78. The monoisotopic (exact) mass is 526 g/mol. The second kappa shape index (κ2) is 12.9. The average molecular weight is 527 g/mol. The smallest absolute Gasteiger partial charge is 0.410 e. The maximum atomic E-state index is 12.6. The van der Waals surface area contributed by atoms with Crippen molar-refractivity contribution < 1.29 is 33.8 Å². The highest BCUT2D eigenvalue weighted by atomic mass is 16.6. The molecule has 3 amide bonds. The first-order chi connectivity index (χ1) is 18.0. The molecule has 204 valence electrons. The van der Waals surface area contributed by atoms with Gasteiger partial charge in [0.25, 0.3) is 0 Å². The zero-order valence-corrected chi connectivity index (χ0v) is 21.8. The fourth-order valence-electron chi connectivity index (χ4n) is 3.78. The van der Waals surface area contributed by atoms with E-state index < -0.39 is 23.7 Å². The van der Waals surface area contributed by atoms with E-state index in [1.54, 1.807) is 47.4 Å². The molecule has 1 heterocycles. The number of alkyl carbamates (subject to hydrolysis) is 1. The molecule has 0 bridgehead atoms. The molecular weight excluding hydrogens is 492 g/mol. The summed E-state index contributed by atoms with van der Waals surface area (Å²) in [4.78, 5) is 52.5. The zero-order valence-electron chi connectivity index (χ0n) is 21.8. The molecule has 1 fully saturated rings. The van der Waals surface area contributed by atoms with Gasteiger partial charge >= 0.3 is 18.2 Å². The van der Waals surface area contributed by atoms with Gasteiger partial charge in [0.15, 0.2) is 6.04 Å². The van der Waals surface area contributed by atoms with Crippen molar-refractivity contribution in [1.29, 1.82) is 0 Å². The van der Waals surface area contributed by atoms with Crippen LogP contribution < -0.4 is 10.6 Å². The van der Waals surface area contributed by atoms with Gasteiger partial charge in [-0.3, -0.25) is 9.69 Å². The van der Waals surface area contributed by atoms with E-state index in [0.717, 1.165) is 5.56 Å². The average Bonchev–Trinajstić information content (AvgIpc) is 2.86. The summed E-state index contributed by atoms with van der Waals surface area (Å²) in [5, 5.41) is 14.8. The SMILES string of the molecule is CC(C)(C)OC(=O)N1CCN(CC(=O)Nc2cccc([C@H](NC(=O)OCc3ccccc3)C(=O)O)c2)CC1. The number of nitrogens with one attached hydrogen (secondary N) is 2. The van der Waals surface area contributed by atoms with Crippen LogP contribution in [0, 0.1) is 0 Å². The van der Waals surface area contributed by atoms with Crippen LogP contribution in [0.2, 0.25) is 0 Å². The number of carbonyl (C=O) groups is 4. The van der Waals surface area contributed by atoms with Gasteiger partial charge in [-0.05, 0) is 44.0 Å². The van der Waals surface area contributed by atoms with Gasteiger partial charge in [0, 0.05) is 31.9 Å². The Labute approximate surface area is 221 Å². The summed E-state index contributed by atoms with van der Waals surface area (Å²) in [7, 11) is 0. The molecule has 1 aliphatic rings. The lowest BCUT2D eigenvalue weighted by molar-refractivity contribution is -0.139. The number of rotatable bonds is 8. The van der Waals surface area contributed by atoms with Crippen molar-refractivity contribution in [2.75, 3.05) is 38.0 Å². The summed E-state index contributed by atoms with van der Waals surface area (Å²) in [5.74, 6) is -1.55. The molecule has 1 atom stereocenters. The molecule has 2 aromatic carbocycles. The van der Waals surface area contributed by atoms with Crippen LogP contribution in [0.1, 0.15) is 37.9 Å². The number of nitrogens with zero attached hydrogens (tertiary/aromatic N) is 2. The van der Waals surface area contributed by atoms with Crippen molar-refractivity contribution in [3.05, 3.63) is 65.7 Å². The Morgan fingerprint density at radius 3 is 2.29 bits per heavy atom. The van der Waals surface area contributed by atoms with Crippen LogP contribution in [0.4, 0.5) is 15.3 Å². The second-order valence-corrected chi connectivity index (χ2v) is 9.89. The van der Waals surface area contributed by atoms with Gasteiger partial charge in [-0.15, -0.1) is 0 Å². The number of benzene rings is 2. The largest absolute Gasteiger partial charge is 0.479 e. The maximum absolute atomic E-state index is 12.6. The Kier molecular flexibility index (Phi) is 9.66. The van der Waals surface area contributed by atoms with E-state index in [9.17, 15) is 24.3 Å². The minimum absolute atomic E-state index is 0.00113. The van der Waals surface area contributed by atoms with Crippen molar-refractivity contribution in [3.63, 3.8) is 0 Å². The molecule has 3 rings (SSSR count). The van der Waals surface area contributed by atoms with Crippen molar-refractivity contribution in [2.45, 2.75) is 39.0 Å². The highest BCUT2D eigenvalue weighted by molar-refractivity contribution is 5.92. The summed E-state index contributed by atoms with van der Waals surface area (Å²) in [5.41, 5.74) is 0.870. The van der Waals surface area contributed by atoms with Gasteiger partial charge in [0.05, 0.1) is 6.54 Å². The number of carbonyl (C=O) groups excluding carboxylic acids is 3. The maximum Gasteiger partial charge on any atom is 0.410 e. The summed E-state index contributed by atoms with van der Waals surface area (Å²) in [6, 6.07) is 13.9. The van der Waals surface area contributed by atoms with Crippen molar-refractivity contribution in [2.24, 2.45) is 0 Å². The third-order valence-electron chi connectivity index (χ3n) is 5.62. The lowest BCUT2D eigenvalue weighted by Crippen LogP contribution is -2.51. The summed E-state index contributed by atoms with van der Waals surface area (Å²) < 4.78 is 10.5. The Morgan fingerprint density at radius 2 is 1.66 bits per heavy atom. The number of hydrogen-bond donors (Lipinski definition) is 3. The van der Waals surface area contributed by atoms with Gasteiger partial charge < -0.3 is 30.1 Å². The molecule has 0 aromatic heterocycles. The van der Waals surface area contributed by atoms with Crippen LogP contribution in [0.3, 0.4) is 0 Å². The standard InChI is InChI=1S/C27H34N4O7/c1-27(2,3)38-26(36)31-14-12-30(13-15-31)17-22(32)28-21-11-7-10-20(16-21)23(24(33)34)29-25(35)37-18-19-8-5-4-6-9-19/h4-11,16,23H,12-15,17-18H2,1-3H3,(H,28,32)(H,29,35)(H,33,34)/t23-/m0/s1. The van der Waals surface area contributed by atoms with Crippen LogP contribution in [0.5, 0.6) is 0 Å². The molecular formula is C27H34N4O7. The van der Waals surface area contributed by atoms with E-state index in [1.807, 2.05) is 31.7 Å². The Balaban J connectivity index is 1.51. The number of carboxylic acids is 1. The summed E-state index contributed by atoms with van der Waals surface area (Å²) in [6.07, 6.45) is -1.25. The van der Waals surface area contributed by atoms with Gasteiger partial charge in [0.2, 0.25) is 5.91 Å². The molecule has 38 heavy (non-hydrogen) atoms. The lowest BCUT2D eigenvalue weighted by Gasteiger charge is -2.35. The molecule has 0 unspecified atom stereocenters. The number of hydrogen-bond acceptors (Lipinski definition) is 7. The van der Waals surface area contributed by atoms with Crippen LogP contribution in [0.15, 0.2) is 54.6 Å². The first-order valence-corrected chi connectivity index (χ1v) is 12.3. The molecule has 1 aliphatic heterocycles. The highest BCUT2D eigenvalue weighted by Crippen LogP contribution is 2.19. The van der Waals surface area contributed by atoms with E-state index in [2.05, 4.69) is 10.6 Å². The molecule has 11 nitrogen and oxygen atoms in total. The second-order valence-electron chi connectivity index (χ2n) is 9.89. The van der Waals surface area contributed by atoms with Crippen LogP contribution in [-0.2, 0) is 25.7 Å². The predicted octanol–water partition coefficient (Wildman–Crippen LogP) is 3.23. The third-order valence-corrected chi connectivity index (χ3v) is 5.62. The summed E-state index contributed by atoms with van der Waals surface area (Å²) in [6.45, 7) is 7.48. The molecule has 2 aromatic rings. The fraction of sp³-hybridized carbons (Fsp3) is 0.407. The number of anilines is 1. The van der Waals surface area contributed by atoms with E-state index in [4.69, 9.17) is 9.47 Å². The Bertz CT molecular complexity index is 1130. The van der Waals surface area contributed by atoms with E-state index in [-0.39, 0.29) is 30.7 Å². The lowest BCUT2D eigenvalue weighted by atomic mass is 10.1. The number of aliphatic carboxylic acids is 1. The minimum atomic E-state index is -1.36. The first-order valence-electron chi connectivity index (χ1n) is 12.3. The van der Waals surface area contributed by atoms with E-state index in [0.29, 0.717) is 31.9 Å². The van der Waals surface area contributed by atoms with Crippen molar-refractivity contribution in [1.82, 2.24) is 15.1 Å². The number of carboxylic acid groups (broad SMARTS) is 1. The zero-order chi connectivity index (χ0) is 27.7. The first kappa shape index (κ1) is 28.5. The molecule has 3 N–H and O–H groups in total. The van der Waals surface area contributed by atoms with Crippen LogP contribution >= 0.6 is 0 Å². The molecule has 0 saturated carbocycles. The highest BCUT2D eigenvalue weighted by Gasteiger charge is 2.27. The number of ether oxygens (including phenoxy) is 2. The molecule has 0 aliphatic carbocycles. The topological polar surface area (TPSA) is 138 Å². The van der Waals surface area contributed by atoms with Gasteiger partial charge in [-0.1, -0.05) is 42.5 Å². The van der Waals surface area contributed by atoms with Crippen molar-refractivity contribution in [3.8, 4) is 0 Å². The quantitative estimate of drug-likeness (QED) is 0.477. The van der Waals surface area contributed by atoms with E-state index in [1.165, 1.54) is 6.07 Å². The van der Waals surface area contributed by atoms with Gasteiger partial charge in [0.1, 0.15) is 12.2 Å². The van der Waals surface area contributed by atoms with Gasteiger partial charge in [-0.25, -0.2) is 14.4 Å². The predicted molar refractivity (Wildman–Crippen MR) is 139 cm³/mol. The van der Waals surface area contributed by atoms with Crippen LogP contribution in [0.25, 0.3) is 0 Å². The van der Waals surface area contributed by atoms with Gasteiger partial charge in [-0.2, -0.15) is 0 Å². The van der Waals surface area contributed by atoms with E-state index >= 15 is 0 Å². The Morgan fingerprint density at radius 1 is 0.974 bits per heavy atom. The number of amides is 3. The normalized spacial score (nSPS) is 14.8. The third kappa shape index (κ3) is 9.07. The minimum Gasteiger partial charge on any atom is -0.479 e. The summed E-state index contributed by atoms with van der Waals surface area (Å²) >= 11 is 0. The molecule has 0 radical (unpaired) electrons. The molecule has 0 spiro atoms. The van der Waals surface area contributed by atoms with Crippen LogP contribution in [-0.4, -0.2) is 77.3 Å². The molecule has 11 heteroatoms. The number of piperazine rings is 1. The van der Waals surface area contributed by atoms with Crippen molar-refractivity contribution >= 4 is 29.8 Å². The Hall–Kier alpha value is -4.12.